The van der Waals surface area contributed by atoms with Gasteiger partial charge in [0.15, 0.2) is 0 Å². The third-order valence-corrected chi connectivity index (χ3v) is 5.92. The van der Waals surface area contributed by atoms with Gasteiger partial charge >= 0.3 is 0 Å². The molecule has 1 saturated carbocycles. The van der Waals surface area contributed by atoms with Crippen LogP contribution in [0.1, 0.15) is 36.1 Å². The summed E-state index contributed by atoms with van der Waals surface area (Å²) in [7, 11) is 1.87. The quantitative estimate of drug-likeness (QED) is 0.798. The molecule has 1 aliphatic carbocycles. The van der Waals surface area contributed by atoms with Gasteiger partial charge < -0.3 is 4.74 Å². The Morgan fingerprint density at radius 1 is 1.23 bits per heavy atom. The van der Waals surface area contributed by atoms with E-state index >= 15 is 0 Å². The summed E-state index contributed by atoms with van der Waals surface area (Å²) in [6, 6.07) is 2.77. The Morgan fingerprint density at radius 3 is 2.68 bits per heavy atom. The number of aryl methyl sites for hydroxylation is 1. The molecule has 2 heterocycles. The number of hydrogen-bond donors (Lipinski definition) is 0. The summed E-state index contributed by atoms with van der Waals surface area (Å²) in [4.78, 5) is 3.89. The van der Waals surface area contributed by atoms with E-state index in [0.29, 0.717) is 12.1 Å². The molecular weight excluding hydrogens is 294 g/mol. The highest BCUT2D eigenvalue weighted by atomic mass is 32.1. The van der Waals surface area contributed by atoms with Crippen molar-refractivity contribution in [1.82, 2.24) is 9.91 Å². The predicted molar refractivity (Wildman–Crippen MR) is 92.8 cm³/mol. The van der Waals surface area contributed by atoms with Crippen LogP contribution in [0, 0.1) is 6.92 Å². The van der Waals surface area contributed by atoms with Crippen LogP contribution in [-0.4, -0.2) is 61.6 Å². The smallest absolute Gasteiger partial charge is 0.0726 e. The first-order valence-corrected chi connectivity index (χ1v) is 9.26. The first kappa shape index (κ1) is 16.0. The van der Waals surface area contributed by atoms with Crippen molar-refractivity contribution >= 4 is 17.6 Å². The summed E-state index contributed by atoms with van der Waals surface area (Å²) in [5, 5.41) is 9.00. The Balaban J connectivity index is 1.52. The lowest BCUT2D eigenvalue weighted by molar-refractivity contribution is -0.0267. The van der Waals surface area contributed by atoms with E-state index in [1.165, 1.54) is 36.1 Å². The lowest BCUT2D eigenvalue weighted by Gasteiger charge is -2.43. The number of hydrogen-bond acceptors (Lipinski definition) is 5. The van der Waals surface area contributed by atoms with Crippen LogP contribution in [0.2, 0.25) is 0 Å². The molecule has 1 aliphatic heterocycles. The van der Waals surface area contributed by atoms with Gasteiger partial charge in [0.1, 0.15) is 0 Å². The first-order valence-electron chi connectivity index (χ1n) is 8.38. The number of piperazine rings is 1. The lowest BCUT2D eigenvalue weighted by atomic mass is 9.91. The van der Waals surface area contributed by atoms with Crippen LogP contribution >= 0.6 is 11.3 Å². The minimum atomic E-state index is 0.428. The summed E-state index contributed by atoms with van der Waals surface area (Å²) >= 11 is 1.76. The molecule has 2 atom stereocenters. The molecular formula is C17H27N3OS. The third kappa shape index (κ3) is 3.70. The molecule has 0 spiro atoms. The van der Waals surface area contributed by atoms with Crippen LogP contribution in [0.15, 0.2) is 16.5 Å². The molecule has 0 bridgehead atoms. The largest absolute Gasteiger partial charge is 0.380 e. The molecule has 3 rings (SSSR count). The molecule has 0 amide bonds. The molecule has 0 N–H and O–H groups in total. The van der Waals surface area contributed by atoms with Gasteiger partial charge in [-0.2, -0.15) is 5.10 Å². The van der Waals surface area contributed by atoms with Crippen LogP contribution in [0.5, 0.6) is 0 Å². The predicted octanol–water partition coefficient (Wildman–Crippen LogP) is 2.97. The number of hydrazone groups is 1. The van der Waals surface area contributed by atoms with E-state index in [-0.39, 0.29) is 0 Å². The van der Waals surface area contributed by atoms with Crippen molar-refractivity contribution < 1.29 is 4.74 Å². The zero-order chi connectivity index (χ0) is 15.4. The van der Waals surface area contributed by atoms with Crippen molar-refractivity contribution in [2.75, 3.05) is 33.3 Å². The van der Waals surface area contributed by atoms with Crippen molar-refractivity contribution in [3.8, 4) is 0 Å². The summed E-state index contributed by atoms with van der Waals surface area (Å²) in [6.07, 6.45) is 7.62. The number of rotatable bonds is 4. The van der Waals surface area contributed by atoms with E-state index in [1.807, 2.05) is 13.3 Å². The summed E-state index contributed by atoms with van der Waals surface area (Å²) < 4.78 is 5.71. The van der Waals surface area contributed by atoms with Gasteiger partial charge in [-0.25, -0.2) is 0 Å². The molecule has 2 aliphatic rings. The van der Waals surface area contributed by atoms with Crippen LogP contribution in [0.4, 0.5) is 0 Å². The Labute approximate surface area is 137 Å². The van der Waals surface area contributed by atoms with Crippen molar-refractivity contribution in [1.29, 1.82) is 0 Å². The molecule has 1 aromatic heterocycles. The van der Waals surface area contributed by atoms with Gasteiger partial charge in [-0.15, -0.1) is 11.3 Å². The number of methoxy groups -OCH3 is 1. The van der Waals surface area contributed by atoms with Crippen molar-refractivity contribution in [2.24, 2.45) is 5.10 Å². The second-order valence-electron chi connectivity index (χ2n) is 6.33. The Kier molecular flexibility index (Phi) is 5.50. The highest BCUT2D eigenvalue weighted by Gasteiger charge is 2.31. The number of thiophene rings is 1. The van der Waals surface area contributed by atoms with E-state index in [0.717, 1.165) is 26.2 Å². The first-order chi connectivity index (χ1) is 10.8. The molecule has 0 aromatic carbocycles. The summed E-state index contributed by atoms with van der Waals surface area (Å²) in [6.45, 7) is 6.39. The fourth-order valence-corrected chi connectivity index (χ4v) is 4.36. The maximum Gasteiger partial charge on any atom is 0.0726 e. The third-order valence-electron chi connectivity index (χ3n) is 4.97. The average Bonchev–Trinajstić information content (AvgIpc) is 2.98. The normalized spacial score (nSPS) is 27.6. The Bertz CT molecular complexity index is 494. The highest BCUT2D eigenvalue weighted by Crippen LogP contribution is 2.26. The maximum atomic E-state index is 5.71. The Morgan fingerprint density at radius 2 is 2.00 bits per heavy atom. The van der Waals surface area contributed by atoms with Gasteiger partial charge in [0, 0.05) is 44.2 Å². The SMILES string of the molecule is COC1CCCCC1N1CCN(/N=C/c2sccc2C)CC1. The molecule has 2 unspecified atom stereocenters. The van der Waals surface area contributed by atoms with Gasteiger partial charge in [-0.1, -0.05) is 12.8 Å². The zero-order valence-corrected chi connectivity index (χ0v) is 14.5. The fourth-order valence-electron chi connectivity index (χ4n) is 3.58. The van der Waals surface area contributed by atoms with Gasteiger partial charge in [0.05, 0.1) is 12.3 Å². The maximum absolute atomic E-state index is 5.71. The van der Waals surface area contributed by atoms with Crippen LogP contribution < -0.4 is 0 Å². The van der Waals surface area contributed by atoms with Crippen LogP contribution in [-0.2, 0) is 4.74 Å². The lowest BCUT2D eigenvalue weighted by Crippen LogP contribution is -2.53. The Hall–Kier alpha value is -0.910. The van der Waals surface area contributed by atoms with E-state index in [1.54, 1.807) is 11.3 Å². The average molecular weight is 321 g/mol. The number of ether oxygens (including phenoxy) is 1. The topological polar surface area (TPSA) is 28.1 Å². The molecule has 0 radical (unpaired) electrons. The minimum absolute atomic E-state index is 0.428. The van der Waals surface area contributed by atoms with Gasteiger partial charge in [0.2, 0.25) is 0 Å². The second-order valence-corrected chi connectivity index (χ2v) is 7.28. The molecule has 22 heavy (non-hydrogen) atoms. The van der Waals surface area contributed by atoms with Crippen molar-refractivity contribution in [2.45, 2.75) is 44.8 Å². The molecule has 5 heteroatoms. The van der Waals surface area contributed by atoms with Crippen LogP contribution in [0.25, 0.3) is 0 Å². The standard InChI is InChI=1S/C17H27N3OS/c1-14-7-12-22-17(14)13-18-20-10-8-19(9-11-20)15-5-3-4-6-16(15)21-2/h7,12-13,15-16H,3-6,8-11H2,1-2H3/b18-13+. The van der Waals surface area contributed by atoms with Crippen molar-refractivity contribution in [3.63, 3.8) is 0 Å². The molecule has 1 saturated heterocycles. The molecule has 4 nitrogen and oxygen atoms in total. The van der Waals surface area contributed by atoms with E-state index in [9.17, 15) is 0 Å². The summed E-state index contributed by atoms with van der Waals surface area (Å²) in [5.41, 5.74) is 1.32. The highest BCUT2D eigenvalue weighted by molar-refractivity contribution is 7.11. The monoisotopic (exact) mass is 321 g/mol. The molecule has 122 valence electrons. The summed E-state index contributed by atoms with van der Waals surface area (Å²) in [5.74, 6) is 0. The second kappa shape index (κ2) is 7.57. The van der Waals surface area contributed by atoms with E-state index < -0.39 is 0 Å². The van der Waals surface area contributed by atoms with Gasteiger partial charge in [0.25, 0.3) is 0 Å². The van der Waals surface area contributed by atoms with Crippen molar-refractivity contribution in [3.05, 3.63) is 21.9 Å². The molecule has 2 fully saturated rings. The molecule has 1 aromatic rings. The zero-order valence-electron chi connectivity index (χ0n) is 13.7. The van der Waals surface area contributed by atoms with Crippen LogP contribution in [0.3, 0.4) is 0 Å². The fraction of sp³-hybridized carbons (Fsp3) is 0.706. The minimum Gasteiger partial charge on any atom is -0.380 e. The van der Waals surface area contributed by atoms with Gasteiger partial charge in [-0.3, -0.25) is 9.91 Å². The number of nitrogens with zero attached hydrogens (tertiary/aromatic N) is 3. The van der Waals surface area contributed by atoms with E-state index in [4.69, 9.17) is 4.74 Å². The van der Waals surface area contributed by atoms with E-state index in [2.05, 4.69) is 33.4 Å². The van der Waals surface area contributed by atoms with Gasteiger partial charge in [-0.05, 0) is 36.8 Å².